The number of rotatable bonds is 5. The van der Waals surface area contributed by atoms with Crippen LogP contribution in [0.3, 0.4) is 0 Å². The summed E-state index contributed by atoms with van der Waals surface area (Å²) in [7, 11) is 0. The number of likely N-dealkylation sites (tertiary alicyclic amines) is 1. The smallest absolute Gasteiger partial charge is 0.178 e. The molecule has 2 N–H and O–H groups in total. The quantitative estimate of drug-likeness (QED) is 0.310. The lowest BCUT2D eigenvalue weighted by atomic mass is 10.0. The van der Waals surface area contributed by atoms with Crippen molar-refractivity contribution in [3.8, 4) is 33.9 Å². The zero-order valence-electron chi connectivity index (χ0n) is 20.7. The number of H-pyrrole nitrogens is 2. The molecule has 1 aliphatic rings. The largest absolute Gasteiger partial charge is 0.335 e. The van der Waals surface area contributed by atoms with Crippen molar-refractivity contribution in [2.75, 3.05) is 13.1 Å². The molecule has 8 nitrogen and oxygen atoms in total. The topological polar surface area (TPSA) is 99.3 Å². The van der Waals surface area contributed by atoms with Gasteiger partial charge in [-0.25, -0.2) is 14.4 Å². The van der Waals surface area contributed by atoms with E-state index in [1.165, 1.54) is 25.3 Å². The Morgan fingerprint density at radius 1 is 0.921 bits per heavy atom. The Balaban J connectivity index is 1.29. The Morgan fingerprint density at radius 3 is 2.71 bits per heavy atom. The molecule has 0 radical (unpaired) electrons. The van der Waals surface area contributed by atoms with Crippen LogP contribution in [0.1, 0.15) is 24.8 Å². The molecule has 5 aromatic heterocycles. The summed E-state index contributed by atoms with van der Waals surface area (Å²) >= 11 is 0. The first kappa shape index (κ1) is 22.7. The standard InChI is InChI=1S/C29H25FN8/c30-23-14-19(20-12-18(15-31-16-20)17-38-10-4-1-5-11-38)13-22-25(23)36-37-27(22)29-34-26-21(7-9-33-28(26)35-29)24-6-2-3-8-32-24/h2-3,6-9,12-16H,1,4-5,10-11,17H2,(H,36,37)(H,33,34,35). The van der Waals surface area contributed by atoms with E-state index in [1.54, 1.807) is 18.6 Å². The third kappa shape index (κ3) is 4.10. The fraction of sp³-hybridized carbons (Fsp3) is 0.207. The van der Waals surface area contributed by atoms with Crippen LogP contribution in [0.2, 0.25) is 0 Å². The van der Waals surface area contributed by atoms with Gasteiger partial charge in [0, 0.05) is 47.8 Å². The number of hydrogen-bond donors (Lipinski definition) is 2. The molecule has 188 valence electrons. The molecule has 1 aromatic carbocycles. The number of fused-ring (bicyclic) bond motifs is 2. The number of halogens is 1. The number of aromatic nitrogens is 7. The molecule has 0 spiro atoms. The van der Waals surface area contributed by atoms with Gasteiger partial charge >= 0.3 is 0 Å². The van der Waals surface area contributed by atoms with Crippen LogP contribution in [-0.4, -0.2) is 53.1 Å². The molecule has 0 unspecified atom stereocenters. The van der Waals surface area contributed by atoms with Gasteiger partial charge in [-0.3, -0.25) is 20.0 Å². The van der Waals surface area contributed by atoms with E-state index in [0.29, 0.717) is 22.6 Å². The number of nitrogens with one attached hydrogen (secondary N) is 2. The summed E-state index contributed by atoms with van der Waals surface area (Å²) in [6, 6.07) is 13.2. The number of piperidine rings is 1. The lowest BCUT2D eigenvalue weighted by molar-refractivity contribution is 0.220. The van der Waals surface area contributed by atoms with Crippen LogP contribution in [0.15, 0.2) is 67.3 Å². The fourth-order valence-corrected chi connectivity index (χ4v) is 5.30. The minimum Gasteiger partial charge on any atom is -0.335 e. The summed E-state index contributed by atoms with van der Waals surface area (Å²) in [6.07, 6.45) is 10.9. The zero-order valence-corrected chi connectivity index (χ0v) is 20.7. The van der Waals surface area contributed by atoms with Crippen molar-refractivity contribution in [3.05, 3.63) is 78.6 Å². The summed E-state index contributed by atoms with van der Waals surface area (Å²) in [5, 5.41) is 7.88. The fourth-order valence-electron chi connectivity index (χ4n) is 5.30. The maximum atomic E-state index is 15.3. The average Bonchev–Trinajstić information content (AvgIpc) is 3.59. The normalized spacial score (nSPS) is 14.4. The maximum Gasteiger partial charge on any atom is 0.178 e. The zero-order chi connectivity index (χ0) is 25.5. The summed E-state index contributed by atoms with van der Waals surface area (Å²) in [5.74, 6) is 0.136. The van der Waals surface area contributed by atoms with E-state index >= 15 is 4.39 Å². The molecule has 6 aromatic rings. The number of pyridine rings is 3. The third-order valence-electron chi connectivity index (χ3n) is 7.17. The van der Waals surface area contributed by atoms with Gasteiger partial charge < -0.3 is 4.98 Å². The maximum absolute atomic E-state index is 15.3. The highest BCUT2D eigenvalue weighted by Gasteiger charge is 2.19. The van der Waals surface area contributed by atoms with E-state index < -0.39 is 5.82 Å². The van der Waals surface area contributed by atoms with Crippen molar-refractivity contribution in [1.82, 2.24) is 40.0 Å². The van der Waals surface area contributed by atoms with Crippen LogP contribution in [0, 0.1) is 5.82 Å². The summed E-state index contributed by atoms with van der Waals surface area (Å²) < 4.78 is 15.3. The van der Waals surface area contributed by atoms with Crippen LogP contribution in [0.25, 0.3) is 56.0 Å². The Kier molecular flexibility index (Phi) is 5.62. The summed E-state index contributed by atoms with van der Waals surface area (Å²) in [6.45, 7) is 3.07. The highest BCUT2D eigenvalue weighted by Crippen LogP contribution is 2.33. The van der Waals surface area contributed by atoms with E-state index in [9.17, 15) is 0 Å². The van der Waals surface area contributed by atoms with Gasteiger partial charge in [-0.2, -0.15) is 5.10 Å². The van der Waals surface area contributed by atoms with Crippen molar-refractivity contribution in [2.24, 2.45) is 0 Å². The second-order valence-corrected chi connectivity index (χ2v) is 9.73. The Bertz CT molecular complexity index is 1750. The van der Waals surface area contributed by atoms with Crippen molar-refractivity contribution < 1.29 is 4.39 Å². The minimum absolute atomic E-state index is 0.263. The van der Waals surface area contributed by atoms with Gasteiger partial charge in [-0.1, -0.05) is 12.5 Å². The minimum atomic E-state index is -0.398. The molecule has 1 saturated heterocycles. The molecule has 1 fully saturated rings. The predicted molar refractivity (Wildman–Crippen MR) is 145 cm³/mol. The van der Waals surface area contributed by atoms with E-state index in [-0.39, 0.29) is 5.52 Å². The molecule has 38 heavy (non-hydrogen) atoms. The molecular weight excluding hydrogens is 479 g/mol. The van der Waals surface area contributed by atoms with E-state index in [1.807, 2.05) is 36.5 Å². The number of nitrogens with zero attached hydrogens (tertiary/aromatic N) is 6. The summed E-state index contributed by atoms with van der Waals surface area (Å²) in [4.78, 5) is 23.9. The molecule has 1 aliphatic heterocycles. The predicted octanol–water partition coefficient (Wildman–Crippen LogP) is 5.75. The Morgan fingerprint density at radius 2 is 1.84 bits per heavy atom. The van der Waals surface area contributed by atoms with Crippen LogP contribution in [-0.2, 0) is 6.54 Å². The average molecular weight is 505 g/mol. The molecular formula is C29H25FN8. The first-order valence-electron chi connectivity index (χ1n) is 12.8. The van der Waals surface area contributed by atoms with Crippen molar-refractivity contribution in [2.45, 2.75) is 25.8 Å². The molecule has 0 amide bonds. The van der Waals surface area contributed by atoms with Crippen LogP contribution in [0.4, 0.5) is 4.39 Å². The molecule has 0 atom stereocenters. The SMILES string of the molecule is Fc1cc(-c2cncc(CN3CCCCC3)c2)cc2c(-c3nc4nccc(-c5ccccn5)c4[nH]3)[nH]nc12. The van der Waals surface area contributed by atoms with Crippen LogP contribution < -0.4 is 0 Å². The molecule has 0 saturated carbocycles. The number of aromatic amines is 2. The van der Waals surface area contributed by atoms with Crippen LogP contribution >= 0.6 is 0 Å². The van der Waals surface area contributed by atoms with Gasteiger partial charge in [-0.15, -0.1) is 0 Å². The van der Waals surface area contributed by atoms with E-state index in [4.69, 9.17) is 4.98 Å². The van der Waals surface area contributed by atoms with E-state index in [2.05, 4.69) is 41.1 Å². The van der Waals surface area contributed by atoms with Gasteiger partial charge in [-0.05, 0) is 73.5 Å². The molecule has 7 rings (SSSR count). The second-order valence-electron chi connectivity index (χ2n) is 9.73. The third-order valence-corrected chi connectivity index (χ3v) is 7.17. The van der Waals surface area contributed by atoms with Crippen molar-refractivity contribution in [3.63, 3.8) is 0 Å². The molecule has 0 bridgehead atoms. The lowest BCUT2D eigenvalue weighted by Gasteiger charge is -2.26. The number of benzene rings is 1. The van der Waals surface area contributed by atoms with E-state index in [0.717, 1.165) is 53.1 Å². The molecule has 6 heterocycles. The Hall–Kier alpha value is -4.50. The van der Waals surface area contributed by atoms with Gasteiger partial charge in [0.25, 0.3) is 0 Å². The lowest BCUT2D eigenvalue weighted by Crippen LogP contribution is -2.29. The Labute approximate surface area is 218 Å². The monoisotopic (exact) mass is 504 g/mol. The number of imidazole rings is 1. The van der Waals surface area contributed by atoms with Crippen LogP contribution in [0.5, 0.6) is 0 Å². The first-order chi connectivity index (χ1) is 18.7. The van der Waals surface area contributed by atoms with Gasteiger partial charge in [0.2, 0.25) is 0 Å². The second kappa shape index (κ2) is 9.42. The molecule has 9 heteroatoms. The summed E-state index contributed by atoms with van der Waals surface area (Å²) in [5.41, 5.74) is 6.62. The highest BCUT2D eigenvalue weighted by atomic mass is 19.1. The first-order valence-corrected chi connectivity index (χ1v) is 12.8. The van der Waals surface area contributed by atoms with Gasteiger partial charge in [0.15, 0.2) is 17.3 Å². The van der Waals surface area contributed by atoms with Gasteiger partial charge in [0.05, 0.1) is 11.2 Å². The van der Waals surface area contributed by atoms with Gasteiger partial charge in [0.1, 0.15) is 11.2 Å². The van der Waals surface area contributed by atoms with Crippen molar-refractivity contribution >= 4 is 22.1 Å². The highest BCUT2D eigenvalue weighted by molar-refractivity contribution is 5.97. The van der Waals surface area contributed by atoms with Crippen molar-refractivity contribution in [1.29, 1.82) is 0 Å². The number of hydrogen-bond acceptors (Lipinski definition) is 6. The molecule has 0 aliphatic carbocycles.